The zero-order valence-electron chi connectivity index (χ0n) is 23.3. The number of methoxy groups -OCH3 is 3. The number of nitrogens with zero attached hydrogens (tertiary/aromatic N) is 2. The third-order valence-electron chi connectivity index (χ3n) is 6.87. The first-order valence-corrected chi connectivity index (χ1v) is 13.8. The summed E-state index contributed by atoms with van der Waals surface area (Å²) in [6, 6.07) is 11.5. The molecule has 0 aromatic heterocycles. The van der Waals surface area contributed by atoms with Gasteiger partial charge in [0.1, 0.15) is 0 Å². The number of benzene rings is 2. The Kier molecular flexibility index (Phi) is 9.01. The highest BCUT2D eigenvalue weighted by atomic mass is 32.2. The molecule has 0 fully saturated rings. The van der Waals surface area contributed by atoms with Gasteiger partial charge >= 0.3 is 5.97 Å². The molecular formula is C30H35N3O5S. The molecule has 39 heavy (non-hydrogen) atoms. The SMILES string of the molecule is CCC1=C(C(=O)OC)[C@H](c2ccc(C)cc2C)N2C(CC(=O)NCCc3ccc(OC)c(OC)c3)=CSC2=N1. The number of amidine groups is 1. The van der Waals surface area contributed by atoms with Crippen LogP contribution >= 0.6 is 11.8 Å². The lowest BCUT2D eigenvalue weighted by Crippen LogP contribution is -2.38. The van der Waals surface area contributed by atoms with Gasteiger partial charge in [-0.05, 0) is 60.9 Å². The van der Waals surface area contributed by atoms with Gasteiger partial charge in [0.15, 0.2) is 16.7 Å². The number of aryl methyl sites for hydroxylation is 2. The van der Waals surface area contributed by atoms with Crippen LogP contribution < -0.4 is 14.8 Å². The van der Waals surface area contributed by atoms with E-state index < -0.39 is 12.0 Å². The van der Waals surface area contributed by atoms with E-state index in [0.717, 1.165) is 33.1 Å². The van der Waals surface area contributed by atoms with Gasteiger partial charge in [-0.15, -0.1) is 0 Å². The number of thioether (sulfide) groups is 1. The van der Waals surface area contributed by atoms with Crippen molar-refractivity contribution in [2.45, 2.75) is 46.1 Å². The first-order valence-electron chi connectivity index (χ1n) is 12.9. The van der Waals surface area contributed by atoms with E-state index in [1.54, 1.807) is 14.2 Å². The van der Waals surface area contributed by atoms with Crippen LogP contribution in [0, 0.1) is 13.8 Å². The number of aliphatic imine (C=N–C) groups is 1. The fourth-order valence-electron chi connectivity index (χ4n) is 4.95. The topological polar surface area (TPSA) is 89.5 Å². The molecule has 0 aliphatic carbocycles. The zero-order chi connectivity index (χ0) is 28.1. The van der Waals surface area contributed by atoms with Crippen LogP contribution in [-0.4, -0.2) is 49.8 Å². The minimum Gasteiger partial charge on any atom is -0.493 e. The summed E-state index contributed by atoms with van der Waals surface area (Å²) in [7, 11) is 4.59. The molecule has 0 saturated carbocycles. The Morgan fingerprint density at radius 2 is 1.82 bits per heavy atom. The predicted octanol–water partition coefficient (Wildman–Crippen LogP) is 5.21. The summed E-state index contributed by atoms with van der Waals surface area (Å²) in [6.07, 6.45) is 1.40. The van der Waals surface area contributed by atoms with Gasteiger partial charge in [0.2, 0.25) is 5.91 Å². The number of esters is 1. The highest BCUT2D eigenvalue weighted by Gasteiger charge is 2.42. The average Bonchev–Trinajstić information content (AvgIpc) is 3.33. The fourth-order valence-corrected chi connectivity index (χ4v) is 5.89. The number of rotatable bonds is 10. The Bertz CT molecular complexity index is 1360. The number of hydrogen-bond acceptors (Lipinski definition) is 8. The van der Waals surface area contributed by atoms with Crippen molar-refractivity contribution in [3.05, 3.63) is 81.0 Å². The number of ether oxygens (including phenoxy) is 3. The van der Waals surface area contributed by atoms with Gasteiger partial charge in [-0.1, -0.05) is 48.5 Å². The van der Waals surface area contributed by atoms with Gasteiger partial charge in [-0.3, -0.25) is 4.79 Å². The first-order chi connectivity index (χ1) is 18.8. The van der Waals surface area contributed by atoms with E-state index in [9.17, 15) is 9.59 Å². The Morgan fingerprint density at radius 3 is 2.49 bits per heavy atom. The van der Waals surface area contributed by atoms with E-state index in [-0.39, 0.29) is 12.3 Å². The number of carbonyl (C=O) groups is 2. The number of hydrogen-bond donors (Lipinski definition) is 1. The molecule has 2 aromatic carbocycles. The van der Waals surface area contributed by atoms with Crippen molar-refractivity contribution < 1.29 is 23.8 Å². The first kappa shape index (κ1) is 28.3. The van der Waals surface area contributed by atoms with Crippen molar-refractivity contribution >= 4 is 28.8 Å². The predicted molar refractivity (Wildman–Crippen MR) is 154 cm³/mol. The van der Waals surface area contributed by atoms with Crippen molar-refractivity contribution in [3.63, 3.8) is 0 Å². The van der Waals surface area contributed by atoms with Crippen LogP contribution in [0.15, 0.2) is 63.8 Å². The largest absolute Gasteiger partial charge is 0.493 e. The van der Waals surface area contributed by atoms with Crippen molar-refractivity contribution in [1.82, 2.24) is 10.2 Å². The third kappa shape index (κ3) is 5.98. The van der Waals surface area contributed by atoms with E-state index in [4.69, 9.17) is 19.2 Å². The summed E-state index contributed by atoms with van der Waals surface area (Å²) >= 11 is 1.47. The maximum absolute atomic E-state index is 13.1. The standard InChI is InChI=1S/C30H35N3O5S/c1-7-23-27(29(35)38-6)28(22-10-8-18(2)14-19(22)3)33-21(17-39-30(33)32-23)16-26(34)31-13-12-20-9-11-24(36-4)25(15-20)37-5/h8-11,14-15,17,28H,7,12-13,16H2,1-6H3,(H,31,34)/t28-/m0/s1. The molecule has 2 heterocycles. The van der Waals surface area contributed by atoms with Crippen LogP contribution in [0.3, 0.4) is 0 Å². The smallest absolute Gasteiger partial charge is 0.338 e. The minimum absolute atomic E-state index is 0.104. The molecule has 1 amide bonds. The summed E-state index contributed by atoms with van der Waals surface area (Å²) < 4.78 is 15.9. The van der Waals surface area contributed by atoms with E-state index in [2.05, 4.69) is 17.4 Å². The maximum Gasteiger partial charge on any atom is 0.338 e. The molecule has 2 aliphatic heterocycles. The Labute approximate surface area is 234 Å². The summed E-state index contributed by atoms with van der Waals surface area (Å²) in [5.41, 5.74) is 6.24. The van der Waals surface area contributed by atoms with Crippen molar-refractivity contribution in [2.75, 3.05) is 27.9 Å². The second-order valence-corrected chi connectivity index (χ2v) is 10.3. The number of nitrogens with one attached hydrogen (secondary N) is 1. The summed E-state index contributed by atoms with van der Waals surface area (Å²) in [5, 5.41) is 5.74. The van der Waals surface area contributed by atoms with Gasteiger partial charge in [0, 0.05) is 12.2 Å². The highest BCUT2D eigenvalue weighted by molar-refractivity contribution is 8.16. The Hall–Kier alpha value is -3.72. The average molecular weight is 550 g/mol. The Balaban J connectivity index is 1.54. The molecule has 0 bridgehead atoms. The van der Waals surface area contributed by atoms with Crippen LogP contribution in [0.5, 0.6) is 11.5 Å². The molecule has 0 radical (unpaired) electrons. The van der Waals surface area contributed by atoms with Crippen LogP contribution in [0.25, 0.3) is 0 Å². The second-order valence-electron chi connectivity index (χ2n) is 9.43. The van der Waals surface area contributed by atoms with E-state index in [1.165, 1.54) is 18.9 Å². The molecule has 2 aromatic rings. The number of carbonyl (C=O) groups excluding carboxylic acids is 2. The normalized spacial score (nSPS) is 16.4. The molecule has 1 N–H and O–H groups in total. The minimum atomic E-state index is -0.429. The van der Waals surface area contributed by atoms with Crippen LogP contribution in [0.1, 0.15) is 48.1 Å². The lowest BCUT2D eigenvalue weighted by Gasteiger charge is -2.37. The molecular weight excluding hydrogens is 514 g/mol. The molecule has 0 unspecified atom stereocenters. The molecule has 1 atom stereocenters. The molecule has 0 spiro atoms. The van der Waals surface area contributed by atoms with Crippen molar-refractivity contribution in [3.8, 4) is 11.5 Å². The fraction of sp³-hybridized carbons (Fsp3) is 0.367. The lowest BCUT2D eigenvalue weighted by molar-refractivity contribution is -0.136. The monoisotopic (exact) mass is 549 g/mol. The van der Waals surface area contributed by atoms with Crippen LogP contribution in [0.2, 0.25) is 0 Å². The van der Waals surface area contributed by atoms with E-state index in [1.807, 2.05) is 55.3 Å². The summed E-state index contributed by atoms with van der Waals surface area (Å²) in [6.45, 7) is 6.55. The van der Waals surface area contributed by atoms with Gasteiger partial charge in [-0.25, -0.2) is 9.79 Å². The second kappa shape index (κ2) is 12.4. The molecule has 0 saturated heterocycles. The van der Waals surface area contributed by atoms with E-state index in [0.29, 0.717) is 42.2 Å². The van der Waals surface area contributed by atoms with Gasteiger partial charge in [0.05, 0.1) is 45.1 Å². The maximum atomic E-state index is 13.1. The van der Waals surface area contributed by atoms with Crippen LogP contribution in [-0.2, 0) is 20.7 Å². The van der Waals surface area contributed by atoms with Crippen molar-refractivity contribution in [1.29, 1.82) is 0 Å². The number of allylic oxidation sites excluding steroid dienone is 1. The molecule has 9 heteroatoms. The van der Waals surface area contributed by atoms with Gasteiger partial charge in [0.25, 0.3) is 0 Å². The zero-order valence-corrected chi connectivity index (χ0v) is 24.1. The molecule has 8 nitrogen and oxygen atoms in total. The Morgan fingerprint density at radius 1 is 1.05 bits per heavy atom. The number of amides is 1. The highest BCUT2D eigenvalue weighted by Crippen LogP contribution is 2.46. The van der Waals surface area contributed by atoms with E-state index >= 15 is 0 Å². The van der Waals surface area contributed by atoms with Gasteiger partial charge < -0.3 is 24.4 Å². The number of fused-ring (bicyclic) bond motifs is 1. The summed E-state index contributed by atoms with van der Waals surface area (Å²) in [5.74, 6) is 0.813. The molecule has 206 valence electrons. The van der Waals surface area contributed by atoms with Gasteiger partial charge in [-0.2, -0.15) is 0 Å². The quantitative estimate of drug-likeness (QED) is 0.407. The van der Waals surface area contributed by atoms with Crippen molar-refractivity contribution in [2.24, 2.45) is 4.99 Å². The lowest BCUT2D eigenvalue weighted by atomic mass is 9.89. The summed E-state index contributed by atoms with van der Waals surface area (Å²) in [4.78, 5) is 33.0. The van der Waals surface area contributed by atoms with Crippen LogP contribution in [0.4, 0.5) is 0 Å². The molecule has 4 rings (SSSR count). The molecule has 2 aliphatic rings. The third-order valence-corrected chi connectivity index (χ3v) is 7.76.